The van der Waals surface area contributed by atoms with E-state index in [0.717, 1.165) is 28.3 Å². The van der Waals surface area contributed by atoms with Crippen LogP contribution in [0.2, 0.25) is 5.02 Å². The van der Waals surface area contributed by atoms with Crippen LogP contribution in [0.1, 0.15) is 11.1 Å². The highest BCUT2D eigenvalue weighted by atomic mass is 35.5. The highest BCUT2D eigenvalue weighted by Gasteiger charge is 2.34. The summed E-state index contributed by atoms with van der Waals surface area (Å²) in [5.41, 5.74) is 3.41. The topological polar surface area (TPSA) is 41.9 Å². The molecule has 35 heavy (non-hydrogen) atoms. The van der Waals surface area contributed by atoms with E-state index in [1.54, 1.807) is 4.90 Å². The van der Waals surface area contributed by atoms with E-state index in [1.807, 2.05) is 115 Å². The average Bonchev–Trinajstić information content (AvgIpc) is 3.19. The van der Waals surface area contributed by atoms with Crippen LogP contribution < -0.4 is 9.64 Å². The highest BCUT2D eigenvalue weighted by molar-refractivity contribution is 8.19. The summed E-state index contributed by atoms with van der Waals surface area (Å²) in [4.78, 5) is 20.4. The molecule has 1 amide bonds. The largest absolute Gasteiger partial charge is 0.489 e. The second-order valence-electron chi connectivity index (χ2n) is 7.77. The maximum absolute atomic E-state index is 13.4. The Bertz CT molecular complexity index is 1390. The SMILES string of the molecule is O=C1/C(=C\c2ccc(OCc3ccccc3Cl)cc2)SC(=Nc2ccccc2)N1c1ccccc1. The number of benzene rings is 4. The zero-order valence-electron chi connectivity index (χ0n) is 18.7. The summed E-state index contributed by atoms with van der Waals surface area (Å²) < 4.78 is 5.87. The molecule has 4 nitrogen and oxygen atoms in total. The lowest BCUT2D eigenvalue weighted by Gasteiger charge is -2.15. The molecule has 1 heterocycles. The summed E-state index contributed by atoms with van der Waals surface area (Å²) in [5.74, 6) is 0.629. The summed E-state index contributed by atoms with van der Waals surface area (Å²) in [6.07, 6.45) is 1.88. The molecule has 0 bridgehead atoms. The number of aliphatic imine (C=N–C) groups is 1. The highest BCUT2D eigenvalue weighted by Crippen LogP contribution is 2.37. The number of nitrogens with zero attached hydrogens (tertiary/aromatic N) is 2. The minimum Gasteiger partial charge on any atom is -0.489 e. The summed E-state index contributed by atoms with van der Waals surface area (Å²) in [5, 5.41) is 1.31. The molecule has 0 spiro atoms. The third kappa shape index (κ3) is 5.48. The second-order valence-corrected chi connectivity index (χ2v) is 9.18. The average molecular weight is 497 g/mol. The van der Waals surface area contributed by atoms with Crippen molar-refractivity contribution in [2.24, 2.45) is 4.99 Å². The monoisotopic (exact) mass is 496 g/mol. The van der Waals surface area contributed by atoms with Crippen LogP contribution in [0.15, 0.2) is 119 Å². The van der Waals surface area contributed by atoms with Crippen molar-refractivity contribution < 1.29 is 9.53 Å². The van der Waals surface area contributed by atoms with Crippen LogP contribution in [0, 0.1) is 0 Å². The first-order chi connectivity index (χ1) is 17.2. The number of amidine groups is 1. The molecule has 0 radical (unpaired) electrons. The number of ether oxygens (including phenoxy) is 1. The van der Waals surface area contributed by atoms with Gasteiger partial charge in [-0.05, 0) is 65.9 Å². The smallest absolute Gasteiger partial charge is 0.271 e. The van der Waals surface area contributed by atoms with E-state index < -0.39 is 0 Å². The third-order valence-electron chi connectivity index (χ3n) is 5.33. The number of thioether (sulfide) groups is 1. The Morgan fingerprint density at radius 3 is 2.20 bits per heavy atom. The van der Waals surface area contributed by atoms with E-state index in [2.05, 4.69) is 0 Å². The van der Waals surface area contributed by atoms with Crippen LogP contribution in [0.3, 0.4) is 0 Å². The van der Waals surface area contributed by atoms with Gasteiger partial charge in [-0.3, -0.25) is 9.69 Å². The molecule has 1 saturated heterocycles. The van der Waals surface area contributed by atoms with E-state index in [9.17, 15) is 4.79 Å². The van der Waals surface area contributed by atoms with Crippen molar-refractivity contribution in [3.8, 4) is 5.75 Å². The van der Waals surface area contributed by atoms with Gasteiger partial charge < -0.3 is 4.74 Å². The van der Waals surface area contributed by atoms with E-state index in [-0.39, 0.29) is 5.91 Å². The quantitative estimate of drug-likeness (QED) is 0.256. The third-order valence-corrected chi connectivity index (χ3v) is 6.67. The lowest BCUT2D eigenvalue weighted by molar-refractivity contribution is -0.113. The zero-order valence-corrected chi connectivity index (χ0v) is 20.2. The fourth-order valence-corrected chi connectivity index (χ4v) is 4.75. The Morgan fingerprint density at radius 1 is 0.829 bits per heavy atom. The summed E-state index contributed by atoms with van der Waals surface area (Å²) in [6.45, 7) is 0.389. The normalized spacial score (nSPS) is 15.7. The standard InChI is InChI=1S/C29H21ClN2O2S/c30-26-14-8-7-9-22(26)20-34-25-17-15-21(16-18-25)19-27-28(33)32(24-12-5-2-6-13-24)29(35-27)31-23-10-3-1-4-11-23/h1-19H,20H2/b27-19+,31-29?. The van der Waals surface area contributed by atoms with Gasteiger partial charge in [-0.1, -0.05) is 78.3 Å². The number of halogens is 1. The van der Waals surface area contributed by atoms with E-state index in [0.29, 0.717) is 21.7 Å². The van der Waals surface area contributed by atoms with Gasteiger partial charge in [-0.2, -0.15) is 0 Å². The number of rotatable bonds is 6. The van der Waals surface area contributed by atoms with Crippen molar-refractivity contribution in [1.82, 2.24) is 0 Å². The Kier molecular flexibility index (Phi) is 6.98. The molecule has 4 aromatic carbocycles. The van der Waals surface area contributed by atoms with Crippen LogP contribution >= 0.6 is 23.4 Å². The summed E-state index contributed by atoms with van der Waals surface area (Å²) >= 11 is 7.57. The molecule has 1 fully saturated rings. The van der Waals surface area contributed by atoms with Crippen LogP contribution in [-0.2, 0) is 11.4 Å². The van der Waals surface area contributed by atoms with E-state index >= 15 is 0 Å². The molecule has 0 atom stereocenters. The van der Waals surface area contributed by atoms with Crippen molar-refractivity contribution >= 4 is 51.9 Å². The van der Waals surface area contributed by atoms with Crippen LogP contribution in [0.5, 0.6) is 5.75 Å². The molecule has 0 unspecified atom stereocenters. The van der Waals surface area contributed by atoms with Crippen molar-refractivity contribution in [1.29, 1.82) is 0 Å². The van der Waals surface area contributed by atoms with Crippen molar-refractivity contribution in [2.75, 3.05) is 4.90 Å². The summed E-state index contributed by atoms with van der Waals surface area (Å²) in [7, 11) is 0. The van der Waals surface area contributed by atoms with Crippen LogP contribution in [-0.4, -0.2) is 11.1 Å². The van der Waals surface area contributed by atoms with Gasteiger partial charge in [0.2, 0.25) is 0 Å². The molecule has 0 aromatic heterocycles. The van der Waals surface area contributed by atoms with Gasteiger partial charge in [0.1, 0.15) is 12.4 Å². The first-order valence-electron chi connectivity index (χ1n) is 11.1. The van der Waals surface area contributed by atoms with Gasteiger partial charge in [0.15, 0.2) is 5.17 Å². The fourth-order valence-electron chi connectivity index (χ4n) is 3.55. The van der Waals surface area contributed by atoms with E-state index in [4.69, 9.17) is 21.3 Å². The maximum Gasteiger partial charge on any atom is 0.271 e. The number of para-hydroxylation sites is 2. The predicted molar refractivity (Wildman–Crippen MR) is 145 cm³/mol. The Hall–Kier alpha value is -3.80. The van der Waals surface area contributed by atoms with Gasteiger partial charge in [0.05, 0.1) is 16.3 Å². The lowest BCUT2D eigenvalue weighted by Crippen LogP contribution is -2.28. The molecule has 1 aliphatic rings. The van der Waals surface area contributed by atoms with Gasteiger partial charge in [-0.25, -0.2) is 4.99 Å². The van der Waals surface area contributed by atoms with Gasteiger partial charge in [-0.15, -0.1) is 0 Å². The zero-order chi connectivity index (χ0) is 24.0. The lowest BCUT2D eigenvalue weighted by atomic mass is 10.2. The van der Waals surface area contributed by atoms with Crippen LogP contribution in [0.4, 0.5) is 11.4 Å². The molecule has 0 saturated carbocycles. The minimum atomic E-state index is -0.102. The maximum atomic E-state index is 13.4. The van der Waals surface area contributed by atoms with Crippen LogP contribution in [0.25, 0.3) is 6.08 Å². The molecule has 5 rings (SSSR count). The minimum absolute atomic E-state index is 0.102. The molecular weight excluding hydrogens is 476 g/mol. The number of anilines is 1. The molecule has 1 aliphatic heterocycles. The number of hydrogen-bond donors (Lipinski definition) is 0. The molecule has 172 valence electrons. The molecule has 0 aliphatic carbocycles. The number of carbonyl (C=O) groups is 1. The Labute approximate surface area is 213 Å². The molecule has 0 N–H and O–H groups in total. The van der Waals surface area contributed by atoms with Crippen molar-refractivity contribution in [2.45, 2.75) is 6.61 Å². The first-order valence-corrected chi connectivity index (χ1v) is 12.3. The Balaban J connectivity index is 1.37. The molecule has 6 heteroatoms. The molecule has 4 aromatic rings. The predicted octanol–water partition coefficient (Wildman–Crippen LogP) is 7.73. The molecular formula is C29H21ClN2O2S. The fraction of sp³-hybridized carbons (Fsp3) is 0.0345. The summed E-state index contributed by atoms with van der Waals surface area (Å²) in [6, 6.07) is 34.5. The second kappa shape index (κ2) is 10.6. The van der Waals surface area contributed by atoms with E-state index in [1.165, 1.54) is 11.8 Å². The first kappa shape index (κ1) is 23.0. The van der Waals surface area contributed by atoms with Gasteiger partial charge in [0, 0.05) is 10.6 Å². The number of amides is 1. The van der Waals surface area contributed by atoms with Gasteiger partial charge in [0.25, 0.3) is 5.91 Å². The van der Waals surface area contributed by atoms with Crippen molar-refractivity contribution in [3.05, 3.63) is 130 Å². The Morgan fingerprint density at radius 2 is 1.49 bits per heavy atom. The number of hydrogen-bond acceptors (Lipinski definition) is 4. The number of carbonyl (C=O) groups excluding carboxylic acids is 1. The van der Waals surface area contributed by atoms with Crippen molar-refractivity contribution in [3.63, 3.8) is 0 Å². The van der Waals surface area contributed by atoms with Gasteiger partial charge >= 0.3 is 0 Å².